The molecular weight excluding hydrogens is 192 g/mol. The number of nitrogens with zero attached hydrogens (tertiary/aromatic N) is 1. The minimum atomic E-state index is -0.444. The van der Waals surface area contributed by atoms with Crippen molar-refractivity contribution in [1.29, 1.82) is 0 Å². The van der Waals surface area contributed by atoms with Crippen LogP contribution in [0.15, 0.2) is 0 Å². The zero-order valence-electron chi connectivity index (χ0n) is 10.5. The number of ether oxygens (including phenoxy) is 1. The highest BCUT2D eigenvalue weighted by atomic mass is 16.6. The molecular formula is C11H24N2O2. The largest absolute Gasteiger partial charge is 0.444 e. The summed E-state index contributed by atoms with van der Waals surface area (Å²) < 4.78 is 5.21. The second-order valence-electron chi connectivity index (χ2n) is 4.91. The van der Waals surface area contributed by atoms with Crippen molar-refractivity contribution in [3.8, 4) is 0 Å². The van der Waals surface area contributed by atoms with Gasteiger partial charge in [0.2, 0.25) is 0 Å². The van der Waals surface area contributed by atoms with Crippen LogP contribution < -0.4 is 5.73 Å². The number of hydrogen-bond donors (Lipinski definition) is 1. The SMILES string of the molecule is CCC[C@H](N)CN(C)C(=O)OC(C)(C)C. The van der Waals surface area contributed by atoms with E-state index in [0.717, 1.165) is 12.8 Å². The molecule has 0 aromatic rings. The normalized spacial score (nSPS) is 13.5. The molecule has 4 heteroatoms. The third-order valence-electron chi connectivity index (χ3n) is 1.87. The van der Waals surface area contributed by atoms with E-state index >= 15 is 0 Å². The van der Waals surface area contributed by atoms with E-state index in [4.69, 9.17) is 10.5 Å². The van der Waals surface area contributed by atoms with Crippen LogP contribution >= 0.6 is 0 Å². The van der Waals surface area contributed by atoms with Crippen LogP contribution in [0.3, 0.4) is 0 Å². The molecule has 2 N–H and O–H groups in total. The number of carbonyl (C=O) groups is 1. The topological polar surface area (TPSA) is 55.6 Å². The van der Waals surface area contributed by atoms with Crippen LogP contribution in [-0.4, -0.2) is 36.2 Å². The summed E-state index contributed by atoms with van der Waals surface area (Å²) in [6, 6.07) is 0.0347. The first-order valence-electron chi connectivity index (χ1n) is 5.46. The van der Waals surface area contributed by atoms with Crippen LogP contribution in [0.1, 0.15) is 40.5 Å². The first-order valence-corrected chi connectivity index (χ1v) is 5.46. The third kappa shape index (κ3) is 7.19. The average molecular weight is 216 g/mol. The molecule has 0 aromatic carbocycles. The van der Waals surface area contributed by atoms with Gasteiger partial charge in [0.05, 0.1) is 0 Å². The fourth-order valence-electron chi connectivity index (χ4n) is 1.23. The maximum absolute atomic E-state index is 11.5. The second kappa shape index (κ2) is 5.95. The van der Waals surface area contributed by atoms with Gasteiger partial charge in [0.1, 0.15) is 5.60 Å². The molecule has 1 atom stereocenters. The van der Waals surface area contributed by atoms with Gasteiger partial charge in [-0.15, -0.1) is 0 Å². The maximum Gasteiger partial charge on any atom is 0.410 e. The lowest BCUT2D eigenvalue weighted by Crippen LogP contribution is -2.41. The molecule has 0 aliphatic rings. The summed E-state index contributed by atoms with van der Waals surface area (Å²) in [6.07, 6.45) is 1.64. The van der Waals surface area contributed by atoms with E-state index in [9.17, 15) is 4.79 Å². The highest BCUT2D eigenvalue weighted by Gasteiger charge is 2.20. The Morgan fingerprint density at radius 2 is 2.00 bits per heavy atom. The van der Waals surface area contributed by atoms with Gasteiger partial charge in [-0.25, -0.2) is 4.79 Å². The molecule has 15 heavy (non-hydrogen) atoms. The van der Waals surface area contributed by atoms with Crippen molar-refractivity contribution in [3.05, 3.63) is 0 Å². The molecule has 4 nitrogen and oxygen atoms in total. The Balaban J connectivity index is 3.99. The number of rotatable bonds is 4. The van der Waals surface area contributed by atoms with E-state index in [0.29, 0.717) is 6.54 Å². The monoisotopic (exact) mass is 216 g/mol. The summed E-state index contributed by atoms with van der Waals surface area (Å²) in [7, 11) is 1.71. The lowest BCUT2D eigenvalue weighted by atomic mass is 10.2. The van der Waals surface area contributed by atoms with Gasteiger partial charge in [-0.05, 0) is 27.2 Å². The summed E-state index contributed by atoms with van der Waals surface area (Å²) in [5.74, 6) is 0. The summed E-state index contributed by atoms with van der Waals surface area (Å²) in [6.45, 7) is 8.18. The Labute approximate surface area is 92.8 Å². The first kappa shape index (κ1) is 14.2. The molecule has 0 unspecified atom stereocenters. The van der Waals surface area contributed by atoms with Gasteiger partial charge in [-0.2, -0.15) is 0 Å². The quantitative estimate of drug-likeness (QED) is 0.781. The molecule has 0 bridgehead atoms. The van der Waals surface area contributed by atoms with Gasteiger partial charge in [0.25, 0.3) is 0 Å². The molecule has 0 saturated carbocycles. The van der Waals surface area contributed by atoms with E-state index in [1.807, 2.05) is 20.8 Å². The molecule has 0 aromatic heterocycles. The summed E-state index contributed by atoms with van der Waals surface area (Å²) in [5, 5.41) is 0. The lowest BCUT2D eigenvalue weighted by Gasteiger charge is -2.26. The summed E-state index contributed by atoms with van der Waals surface area (Å²) >= 11 is 0. The number of amides is 1. The Kier molecular flexibility index (Phi) is 5.65. The zero-order valence-corrected chi connectivity index (χ0v) is 10.5. The molecule has 0 rings (SSSR count). The molecule has 0 spiro atoms. The zero-order chi connectivity index (χ0) is 12.1. The predicted molar refractivity (Wildman–Crippen MR) is 61.7 cm³/mol. The fraction of sp³-hybridized carbons (Fsp3) is 0.909. The van der Waals surface area contributed by atoms with Crippen molar-refractivity contribution in [2.45, 2.75) is 52.2 Å². The predicted octanol–water partition coefficient (Wildman–Crippen LogP) is 1.98. The summed E-state index contributed by atoms with van der Waals surface area (Å²) in [4.78, 5) is 13.1. The second-order valence-corrected chi connectivity index (χ2v) is 4.91. The van der Waals surface area contributed by atoms with Crippen LogP contribution in [0.25, 0.3) is 0 Å². The van der Waals surface area contributed by atoms with Gasteiger partial charge in [-0.1, -0.05) is 13.3 Å². The van der Waals surface area contributed by atoms with Crippen molar-refractivity contribution < 1.29 is 9.53 Å². The van der Waals surface area contributed by atoms with Gasteiger partial charge < -0.3 is 15.4 Å². The Morgan fingerprint density at radius 3 is 2.40 bits per heavy atom. The highest BCUT2D eigenvalue weighted by Crippen LogP contribution is 2.09. The van der Waals surface area contributed by atoms with Crippen LogP contribution in [0, 0.1) is 0 Å². The van der Waals surface area contributed by atoms with Crippen LogP contribution in [0.2, 0.25) is 0 Å². The lowest BCUT2D eigenvalue weighted by molar-refractivity contribution is 0.0288. The van der Waals surface area contributed by atoms with E-state index in [1.54, 1.807) is 7.05 Å². The third-order valence-corrected chi connectivity index (χ3v) is 1.87. The molecule has 0 fully saturated rings. The number of likely N-dealkylation sites (N-methyl/N-ethyl adjacent to an activating group) is 1. The van der Waals surface area contributed by atoms with Crippen molar-refractivity contribution >= 4 is 6.09 Å². The highest BCUT2D eigenvalue weighted by molar-refractivity contribution is 5.67. The molecule has 1 amide bonds. The standard InChI is InChI=1S/C11H24N2O2/c1-6-7-9(12)8-13(5)10(14)15-11(2,3)4/h9H,6-8,12H2,1-5H3/t9-/m0/s1. The van der Waals surface area contributed by atoms with Gasteiger partial charge in [0, 0.05) is 19.6 Å². The Morgan fingerprint density at radius 1 is 1.47 bits per heavy atom. The van der Waals surface area contributed by atoms with E-state index in [-0.39, 0.29) is 12.1 Å². The number of nitrogens with two attached hydrogens (primary N) is 1. The van der Waals surface area contributed by atoms with Crippen molar-refractivity contribution in [3.63, 3.8) is 0 Å². The first-order chi connectivity index (χ1) is 6.76. The average Bonchev–Trinajstić information content (AvgIpc) is 2.00. The van der Waals surface area contributed by atoms with Crippen LogP contribution in [-0.2, 0) is 4.74 Å². The Bertz CT molecular complexity index is 199. The van der Waals surface area contributed by atoms with Crippen molar-refractivity contribution in [1.82, 2.24) is 4.90 Å². The minimum Gasteiger partial charge on any atom is -0.444 e. The summed E-state index contributed by atoms with van der Waals surface area (Å²) in [5.41, 5.74) is 5.39. The smallest absolute Gasteiger partial charge is 0.410 e. The van der Waals surface area contributed by atoms with E-state index in [1.165, 1.54) is 4.90 Å². The van der Waals surface area contributed by atoms with Gasteiger partial charge in [-0.3, -0.25) is 0 Å². The van der Waals surface area contributed by atoms with Crippen LogP contribution in [0.5, 0.6) is 0 Å². The molecule has 0 aliphatic carbocycles. The molecule has 0 heterocycles. The maximum atomic E-state index is 11.5. The number of hydrogen-bond acceptors (Lipinski definition) is 3. The fourth-order valence-corrected chi connectivity index (χ4v) is 1.23. The van der Waals surface area contributed by atoms with Crippen molar-refractivity contribution in [2.24, 2.45) is 5.73 Å². The molecule has 90 valence electrons. The van der Waals surface area contributed by atoms with E-state index < -0.39 is 5.60 Å². The van der Waals surface area contributed by atoms with Crippen molar-refractivity contribution in [2.75, 3.05) is 13.6 Å². The molecule has 0 radical (unpaired) electrons. The Hall–Kier alpha value is -0.770. The van der Waals surface area contributed by atoms with Crippen LogP contribution in [0.4, 0.5) is 4.79 Å². The van der Waals surface area contributed by atoms with Gasteiger partial charge >= 0.3 is 6.09 Å². The van der Waals surface area contributed by atoms with Gasteiger partial charge in [0.15, 0.2) is 0 Å². The van der Waals surface area contributed by atoms with E-state index in [2.05, 4.69) is 6.92 Å². The molecule has 0 aliphatic heterocycles. The minimum absolute atomic E-state index is 0.0347. The molecule has 0 saturated heterocycles. The number of carbonyl (C=O) groups excluding carboxylic acids is 1.